The molecule has 1 heterocycles. The molecule has 1 aliphatic rings. The summed E-state index contributed by atoms with van der Waals surface area (Å²) in [4.78, 5) is 2.40. The lowest BCUT2D eigenvalue weighted by Gasteiger charge is -2.43. The smallest absolute Gasteiger partial charge is 0.187 e. The minimum atomic E-state index is 0. The van der Waals surface area contributed by atoms with Crippen LogP contribution >= 0.6 is 0 Å². The summed E-state index contributed by atoms with van der Waals surface area (Å²) in [5.74, 6) is 0. The monoisotopic (exact) mass is 299 g/mol. The average molecular weight is 299 g/mol. The van der Waals surface area contributed by atoms with Crippen molar-refractivity contribution in [3.63, 3.8) is 0 Å². The molecule has 2 nitrogen and oxygen atoms in total. The third-order valence-electron chi connectivity index (χ3n) is 2.40. The second-order valence-electron chi connectivity index (χ2n) is 3.50. The second-order valence-corrected chi connectivity index (χ2v) is 5.54. The van der Waals surface area contributed by atoms with Crippen molar-refractivity contribution in [1.82, 2.24) is 4.90 Å². The number of hydrogen-bond donors (Lipinski definition) is 0. The predicted octanol–water partition coefficient (Wildman–Crippen LogP) is -3.21. The summed E-state index contributed by atoms with van der Waals surface area (Å²) in [6, 6.07) is 0. The number of quaternary nitrogens is 1. The van der Waals surface area contributed by atoms with E-state index in [1.807, 2.05) is 0 Å². The highest BCUT2D eigenvalue weighted by atomic mass is 127. The molecule has 0 aromatic heterocycles. The number of nitrogens with zero attached hydrogens (tertiary/aromatic N) is 2. The third kappa shape index (κ3) is 3.93. The van der Waals surface area contributed by atoms with Gasteiger partial charge in [-0.05, 0) is 7.05 Å². The van der Waals surface area contributed by atoms with Crippen LogP contribution in [0.2, 0.25) is 0 Å². The molecule has 0 unspecified atom stereocenters. The van der Waals surface area contributed by atoms with Gasteiger partial charge in [0.15, 0.2) is 17.4 Å². The van der Waals surface area contributed by atoms with Gasteiger partial charge in [0.2, 0.25) is 0 Å². The summed E-state index contributed by atoms with van der Waals surface area (Å²) < 4.78 is 1.24. The molecule has 1 aliphatic heterocycles. The van der Waals surface area contributed by atoms with Crippen molar-refractivity contribution in [3.8, 4) is 0 Å². The summed E-state index contributed by atoms with van der Waals surface area (Å²) in [5.41, 5.74) is 0. The SMILES string of the molecule is CCN(C)C[N+]1([I-])CCCC1.[AlH3]. The molecule has 1 radical (unpaired) electrons. The zero-order valence-electron chi connectivity index (χ0n) is 7.52. The largest absolute Gasteiger partial charge is 0.471 e. The molecule has 0 amide bonds. The van der Waals surface area contributed by atoms with E-state index in [4.69, 9.17) is 0 Å². The van der Waals surface area contributed by atoms with Crippen molar-refractivity contribution >= 4 is 17.4 Å². The van der Waals surface area contributed by atoms with Crippen molar-refractivity contribution in [2.75, 3.05) is 33.4 Å². The van der Waals surface area contributed by atoms with Crippen LogP contribution in [0.1, 0.15) is 19.8 Å². The van der Waals surface area contributed by atoms with Crippen LogP contribution < -0.4 is 22.9 Å². The quantitative estimate of drug-likeness (QED) is 0.301. The first-order valence-corrected chi connectivity index (χ1v) is 5.37. The first-order valence-electron chi connectivity index (χ1n) is 4.40. The lowest BCUT2D eigenvalue weighted by molar-refractivity contribution is -1.30. The van der Waals surface area contributed by atoms with Crippen molar-refractivity contribution < 1.29 is 25.6 Å². The van der Waals surface area contributed by atoms with Crippen molar-refractivity contribution in [3.05, 3.63) is 0 Å². The molecule has 12 heavy (non-hydrogen) atoms. The molecule has 0 saturated carbocycles. The van der Waals surface area contributed by atoms with Gasteiger partial charge in [-0.2, -0.15) is 0 Å². The Morgan fingerprint density at radius 2 is 1.83 bits per heavy atom. The van der Waals surface area contributed by atoms with Crippen LogP contribution in [-0.4, -0.2) is 58.3 Å². The highest BCUT2D eigenvalue weighted by Gasteiger charge is 2.20. The Morgan fingerprint density at radius 3 is 2.25 bits per heavy atom. The Kier molecular flexibility index (Phi) is 6.39. The van der Waals surface area contributed by atoms with Crippen molar-refractivity contribution in [2.45, 2.75) is 19.8 Å². The summed E-state index contributed by atoms with van der Waals surface area (Å²) >= 11 is 2.60. The molecule has 1 saturated heterocycles. The van der Waals surface area contributed by atoms with Gasteiger partial charge in [0.1, 0.15) is 6.67 Å². The topological polar surface area (TPSA) is 3.24 Å². The summed E-state index contributed by atoms with van der Waals surface area (Å²) in [5, 5.41) is 0. The normalized spacial score (nSPS) is 21.0. The number of halogens is 1. The summed E-state index contributed by atoms with van der Waals surface area (Å²) in [6.07, 6.45) is 2.83. The van der Waals surface area contributed by atoms with Gasteiger partial charge in [-0.1, -0.05) is 6.92 Å². The Labute approximate surface area is 101 Å². The third-order valence-corrected chi connectivity index (χ3v) is 3.67. The fraction of sp³-hybridized carbons (Fsp3) is 1.00. The van der Waals surface area contributed by atoms with Crippen molar-refractivity contribution in [1.29, 1.82) is 0 Å². The summed E-state index contributed by atoms with van der Waals surface area (Å²) in [7, 11) is 2.21. The van der Waals surface area contributed by atoms with Crippen LogP contribution in [0.3, 0.4) is 0 Å². The van der Waals surface area contributed by atoms with Gasteiger partial charge in [0, 0.05) is 19.4 Å². The molecular weight excluding hydrogens is 278 g/mol. The van der Waals surface area contributed by atoms with Crippen LogP contribution in [0.4, 0.5) is 0 Å². The number of likely N-dealkylation sites (tertiary alicyclic amines) is 1. The standard InChI is InChI=1S/C8H18IN2.Al.3H/c1-3-10(2)8-11(9)6-4-5-7-11;;;;/h3-8H2,1-2H3;;;;. The Hall–Kier alpha value is 1.18. The van der Waals surface area contributed by atoms with Gasteiger partial charge in [0.05, 0.1) is 13.1 Å². The lowest BCUT2D eigenvalue weighted by Crippen LogP contribution is -3.47. The van der Waals surface area contributed by atoms with E-state index in [0.29, 0.717) is 0 Å². The fourth-order valence-corrected chi connectivity index (χ4v) is 2.78. The van der Waals surface area contributed by atoms with Gasteiger partial charge in [-0.3, -0.25) is 4.90 Å². The maximum Gasteiger partial charge on any atom is 0.187 e. The Balaban J connectivity index is 0.00000121. The van der Waals surface area contributed by atoms with E-state index in [9.17, 15) is 0 Å². The van der Waals surface area contributed by atoms with E-state index in [1.54, 1.807) is 0 Å². The second kappa shape index (κ2) is 5.82. The van der Waals surface area contributed by atoms with E-state index >= 15 is 0 Å². The number of rotatable bonds is 3. The molecule has 4 heteroatoms. The highest BCUT2D eigenvalue weighted by molar-refractivity contribution is 5.75. The minimum Gasteiger partial charge on any atom is -0.471 e. The average Bonchev–Trinajstić information content (AvgIpc) is 2.36. The highest BCUT2D eigenvalue weighted by Crippen LogP contribution is 2.10. The van der Waals surface area contributed by atoms with Crippen molar-refractivity contribution in [2.24, 2.45) is 0 Å². The van der Waals surface area contributed by atoms with E-state index in [-0.39, 0.29) is 17.4 Å². The van der Waals surface area contributed by atoms with Crippen LogP contribution in [0, 0.1) is 0 Å². The molecule has 0 aromatic rings. The summed E-state index contributed by atoms with van der Waals surface area (Å²) in [6.45, 7) is 7.34. The molecule has 0 aliphatic carbocycles. The molecule has 73 valence electrons. The maximum atomic E-state index is 2.60. The zero-order chi connectivity index (χ0) is 8.32. The number of hydrogen-bond acceptors (Lipinski definition) is 1. The first kappa shape index (κ1) is 13.2. The predicted molar refractivity (Wildman–Crippen MR) is 52.3 cm³/mol. The molecule has 0 N–H and O–H groups in total. The first-order chi connectivity index (χ1) is 5.16. The van der Waals surface area contributed by atoms with Gasteiger partial charge < -0.3 is 25.6 Å². The minimum absolute atomic E-state index is 0. The molecule has 0 bridgehead atoms. The molecule has 1 fully saturated rings. The molecule has 0 atom stereocenters. The van der Waals surface area contributed by atoms with Crippen LogP contribution in [0.5, 0.6) is 0 Å². The van der Waals surface area contributed by atoms with E-state index in [0.717, 1.165) is 0 Å². The Morgan fingerprint density at radius 1 is 1.33 bits per heavy atom. The van der Waals surface area contributed by atoms with Gasteiger partial charge >= 0.3 is 0 Å². The van der Waals surface area contributed by atoms with Crippen LogP contribution in [0.15, 0.2) is 0 Å². The molecule has 0 aromatic carbocycles. The van der Waals surface area contributed by atoms with Crippen LogP contribution in [0.25, 0.3) is 0 Å². The van der Waals surface area contributed by atoms with Gasteiger partial charge in [-0.25, -0.2) is 0 Å². The van der Waals surface area contributed by atoms with Crippen LogP contribution in [-0.2, 0) is 0 Å². The zero-order valence-corrected chi connectivity index (χ0v) is 9.67. The van der Waals surface area contributed by atoms with E-state index < -0.39 is 0 Å². The Bertz CT molecular complexity index is 126. The lowest BCUT2D eigenvalue weighted by atomic mass is 10.4. The molecular formula is C8H21AlIN2. The fourth-order valence-electron chi connectivity index (χ4n) is 1.58. The molecule has 1 rings (SSSR count). The van der Waals surface area contributed by atoms with E-state index in [1.165, 1.54) is 41.8 Å². The van der Waals surface area contributed by atoms with Gasteiger partial charge in [-0.15, -0.1) is 0 Å². The maximum absolute atomic E-state index is 2.60. The van der Waals surface area contributed by atoms with Gasteiger partial charge in [0.25, 0.3) is 0 Å². The van der Waals surface area contributed by atoms with E-state index in [2.05, 4.69) is 41.7 Å². The molecule has 0 spiro atoms.